The molecule has 2 aromatic carbocycles. The minimum absolute atomic E-state index is 0.361. The summed E-state index contributed by atoms with van der Waals surface area (Å²) < 4.78 is 16.3. The molecule has 0 atom stereocenters. The van der Waals surface area contributed by atoms with Crippen LogP contribution in [0.15, 0.2) is 39.9 Å². The van der Waals surface area contributed by atoms with Gasteiger partial charge in [0.1, 0.15) is 5.75 Å². The molecule has 132 valence electrons. The number of carbonyl (C=O) groups is 1. The van der Waals surface area contributed by atoms with Crippen LogP contribution in [-0.4, -0.2) is 33.5 Å². The molecule has 25 heavy (non-hydrogen) atoms. The van der Waals surface area contributed by atoms with E-state index in [4.69, 9.17) is 25.8 Å². The van der Waals surface area contributed by atoms with E-state index in [-0.39, 0.29) is 0 Å². The Labute approximate surface area is 158 Å². The van der Waals surface area contributed by atoms with Crippen LogP contribution in [0.1, 0.15) is 15.9 Å². The zero-order valence-electron chi connectivity index (χ0n) is 13.8. The lowest BCUT2D eigenvalue weighted by atomic mass is 10.2. The first kappa shape index (κ1) is 19.1. The molecule has 0 saturated carbocycles. The third-order valence-corrected chi connectivity index (χ3v) is 4.02. The maximum Gasteiger partial charge on any atom is 0.275 e. The van der Waals surface area contributed by atoms with E-state index in [0.29, 0.717) is 33.4 Å². The number of rotatable bonds is 6. The van der Waals surface area contributed by atoms with Crippen molar-refractivity contribution in [3.63, 3.8) is 0 Å². The van der Waals surface area contributed by atoms with E-state index >= 15 is 0 Å². The summed E-state index contributed by atoms with van der Waals surface area (Å²) in [5.41, 5.74) is 3.45. The van der Waals surface area contributed by atoms with E-state index in [2.05, 4.69) is 26.5 Å². The molecule has 0 aliphatic carbocycles. The molecular formula is C17H16BrClN2O4. The number of halogens is 2. The second-order valence-electron chi connectivity index (χ2n) is 4.78. The van der Waals surface area contributed by atoms with Crippen LogP contribution in [0.2, 0.25) is 5.02 Å². The fourth-order valence-corrected chi connectivity index (χ4v) is 2.75. The molecule has 0 saturated heterocycles. The Morgan fingerprint density at radius 1 is 1.12 bits per heavy atom. The third kappa shape index (κ3) is 4.64. The summed E-state index contributed by atoms with van der Waals surface area (Å²) in [4.78, 5) is 12.3. The van der Waals surface area contributed by atoms with Gasteiger partial charge in [-0.2, -0.15) is 5.10 Å². The first-order valence-electron chi connectivity index (χ1n) is 7.08. The van der Waals surface area contributed by atoms with Crippen LogP contribution in [0.25, 0.3) is 0 Å². The number of hydrogen-bond acceptors (Lipinski definition) is 5. The van der Waals surface area contributed by atoms with Crippen LogP contribution in [0, 0.1) is 0 Å². The van der Waals surface area contributed by atoms with Gasteiger partial charge in [-0.25, -0.2) is 5.43 Å². The monoisotopic (exact) mass is 426 g/mol. The first-order chi connectivity index (χ1) is 12.0. The van der Waals surface area contributed by atoms with Gasteiger partial charge in [-0.15, -0.1) is 0 Å². The Morgan fingerprint density at radius 3 is 2.48 bits per heavy atom. The van der Waals surface area contributed by atoms with Crippen LogP contribution in [0.4, 0.5) is 0 Å². The first-order valence-corrected chi connectivity index (χ1v) is 8.25. The van der Waals surface area contributed by atoms with Crippen molar-refractivity contribution in [1.82, 2.24) is 5.43 Å². The second-order valence-corrected chi connectivity index (χ2v) is 6.10. The predicted octanol–water partition coefficient (Wildman–Crippen LogP) is 3.89. The van der Waals surface area contributed by atoms with Crippen LogP contribution in [0.3, 0.4) is 0 Å². The van der Waals surface area contributed by atoms with E-state index in [9.17, 15) is 4.79 Å². The highest BCUT2D eigenvalue weighted by atomic mass is 79.9. The number of nitrogens with zero attached hydrogens (tertiary/aromatic N) is 1. The molecule has 0 bridgehead atoms. The summed E-state index contributed by atoms with van der Waals surface area (Å²) in [6, 6.07) is 8.47. The molecule has 0 aromatic heterocycles. The molecule has 0 fully saturated rings. The van der Waals surface area contributed by atoms with Gasteiger partial charge in [0.05, 0.1) is 38.1 Å². The van der Waals surface area contributed by atoms with Gasteiger partial charge in [0, 0.05) is 4.47 Å². The molecule has 0 aliphatic heterocycles. The number of hydrazone groups is 1. The van der Waals surface area contributed by atoms with Crippen molar-refractivity contribution in [2.45, 2.75) is 0 Å². The van der Waals surface area contributed by atoms with Gasteiger partial charge in [0.15, 0.2) is 11.5 Å². The lowest BCUT2D eigenvalue weighted by Crippen LogP contribution is -2.18. The minimum Gasteiger partial charge on any atom is -0.496 e. The summed E-state index contributed by atoms with van der Waals surface area (Å²) in [6.07, 6.45) is 1.45. The minimum atomic E-state index is -0.402. The van der Waals surface area contributed by atoms with Crippen LogP contribution in [-0.2, 0) is 0 Å². The van der Waals surface area contributed by atoms with Crippen molar-refractivity contribution >= 4 is 39.7 Å². The van der Waals surface area contributed by atoms with Crippen molar-refractivity contribution in [2.24, 2.45) is 5.10 Å². The molecular weight excluding hydrogens is 412 g/mol. The number of carbonyl (C=O) groups excluding carboxylic acids is 1. The van der Waals surface area contributed by atoms with Gasteiger partial charge in [-0.3, -0.25) is 4.79 Å². The van der Waals surface area contributed by atoms with Crippen LogP contribution < -0.4 is 19.6 Å². The Bertz CT molecular complexity index is 811. The Hall–Kier alpha value is -2.25. The van der Waals surface area contributed by atoms with Gasteiger partial charge >= 0.3 is 0 Å². The van der Waals surface area contributed by atoms with Gasteiger partial charge < -0.3 is 14.2 Å². The zero-order valence-corrected chi connectivity index (χ0v) is 16.1. The van der Waals surface area contributed by atoms with Crippen molar-refractivity contribution in [1.29, 1.82) is 0 Å². The molecule has 0 aliphatic rings. The fraction of sp³-hybridized carbons (Fsp3) is 0.176. The summed E-state index contributed by atoms with van der Waals surface area (Å²) in [7, 11) is 4.51. The highest BCUT2D eigenvalue weighted by Gasteiger charge is 2.13. The summed E-state index contributed by atoms with van der Waals surface area (Å²) in [5.74, 6) is 0.951. The summed E-state index contributed by atoms with van der Waals surface area (Å²) in [5, 5.41) is 4.32. The molecule has 1 N–H and O–H groups in total. The van der Waals surface area contributed by atoms with Crippen molar-refractivity contribution in [2.75, 3.05) is 21.3 Å². The summed E-state index contributed by atoms with van der Waals surface area (Å²) in [6.45, 7) is 0. The quantitative estimate of drug-likeness (QED) is 0.561. The van der Waals surface area contributed by atoms with Gasteiger partial charge in [-0.05, 0) is 35.9 Å². The SMILES string of the molecule is COc1ccc(Br)cc1C(=O)N/N=C\c1cc(Cl)c(OC)c(OC)c1. The Morgan fingerprint density at radius 2 is 1.84 bits per heavy atom. The maximum absolute atomic E-state index is 12.3. The molecule has 2 aromatic rings. The van der Waals surface area contributed by atoms with E-state index in [0.717, 1.165) is 4.47 Å². The molecule has 0 spiro atoms. The number of nitrogens with one attached hydrogen (secondary N) is 1. The van der Waals surface area contributed by atoms with Crippen molar-refractivity contribution in [3.8, 4) is 17.2 Å². The topological polar surface area (TPSA) is 69.2 Å². The molecule has 1 amide bonds. The van der Waals surface area contributed by atoms with Crippen molar-refractivity contribution < 1.29 is 19.0 Å². The standard InChI is InChI=1S/C17H16BrClN2O4/c1-23-14-5-4-11(18)8-12(14)17(22)21-20-9-10-6-13(19)16(25-3)15(7-10)24-2/h4-9H,1-3H3,(H,21,22)/b20-9-. The molecule has 2 rings (SSSR count). The highest BCUT2D eigenvalue weighted by molar-refractivity contribution is 9.10. The largest absolute Gasteiger partial charge is 0.496 e. The molecule has 6 nitrogen and oxygen atoms in total. The molecule has 0 heterocycles. The van der Waals surface area contributed by atoms with E-state index in [1.165, 1.54) is 27.5 Å². The van der Waals surface area contributed by atoms with E-state index in [1.54, 1.807) is 30.3 Å². The number of ether oxygens (including phenoxy) is 3. The summed E-state index contributed by atoms with van der Waals surface area (Å²) >= 11 is 9.45. The van der Waals surface area contributed by atoms with E-state index < -0.39 is 5.91 Å². The van der Waals surface area contributed by atoms with E-state index in [1.807, 2.05) is 0 Å². The lowest BCUT2D eigenvalue weighted by Gasteiger charge is -2.10. The number of benzene rings is 2. The highest BCUT2D eigenvalue weighted by Crippen LogP contribution is 2.35. The Kier molecular flexibility index (Phi) is 6.66. The van der Waals surface area contributed by atoms with Crippen LogP contribution >= 0.6 is 27.5 Å². The van der Waals surface area contributed by atoms with Crippen LogP contribution in [0.5, 0.6) is 17.2 Å². The zero-order chi connectivity index (χ0) is 18.4. The predicted molar refractivity (Wildman–Crippen MR) is 100 cm³/mol. The van der Waals surface area contributed by atoms with Gasteiger partial charge in [0.2, 0.25) is 0 Å². The third-order valence-electron chi connectivity index (χ3n) is 3.24. The number of hydrogen-bond donors (Lipinski definition) is 1. The second kappa shape index (κ2) is 8.73. The molecule has 8 heteroatoms. The Balaban J connectivity index is 2.17. The number of amides is 1. The normalized spacial score (nSPS) is 10.6. The maximum atomic E-state index is 12.3. The smallest absolute Gasteiger partial charge is 0.275 e. The molecule has 0 unspecified atom stereocenters. The average Bonchev–Trinajstić information content (AvgIpc) is 2.61. The lowest BCUT2D eigenvalue weighted by molar-refractivity contribution is 0.0952. The molecule has 0 radical (unpaired) electrons. The van der Waals surface area contributed by atoms with Crippen molar-refractivity contribution in [3.05, 3.63) is 51.0 Å². The fourth-order valence-electron chi connectivity index (χ4n) is 2.10. The number of methoxy groups -OCH3 is 3. The van der Waals surface area contributed by atoms with Gasteiger partial charge in [-0.1, -0.05) is 27.5 Å². The van der Waals surface area contributed by atoms with Gasteiger partial charge in [0.25, 0.3) is 5.91 Å². The average molecular weight is 428 g/mol.